The van der Waals surface area contributed by atoms with Gasteiger partial charge < -0.3 is 10.2 Å². The quantitative estimate of drug-likeness (QED) is 0.712. The van der Waals surface area contributed by atoms with Crippen molar-refractivity contribution >= 4 is 5.91 Å². The van der Waals surface area contributed by atoms with Crippen molar-refractivity contribution in [3.8, 4) is 0 Å². The van der Waals surface area contributed by atoms with E-state index in [0.29, 0.717) is 6.54 Å². The van der Waals surface area contributed by atoms with Gasteiger partial charge in [0.15, 0.2) is 0 Å². The molecule has 1 amide bonds. The van der Waals surface area contributed by atoms with E-state index in [-0.39, 0.29) is 11.3 Å². The summed E-state index contributed by atoms with van der Waals surface area (Å²) in [6.45, 7) is 8.28. The van der Waals surface area contributed by atoms with Crippen LogP contribution in [0.4, 0.5) is 0 Å². The van der Waals surface area contributed by atoms with Crippen LogP contribution in [0.1, 0.15) is 26.2 Å². The Morgan fingerprint density at radius 2 is 2.40 bits per heavy atom. The zero-order chi connectivity index (χ0) is 11.3. The molecule has 1 N–H and O–H groups in total. The van der Waals surface area contributed by atoms with Gasteiger partial charge in [-0.1, -0.05) is 13.0 Å². The van der Waals surface area contributed by atoms with Crippen molar-refractivity contribution in [1.29, 1.82) is 0 Å². The lowest BCUT2D eigenvalue weighted by Crippen LogP contribution is -2.50. The summed E-state index contributed by atoms with van der Waals surface area (Å²) >= 11 is 0. The molecular weight excluding hydrogens is 188 g/mol. The van der Waals surface area contributed by atoms with Crippen molar-refractivity contribution in [2.45, 2.75) is 26.2 Å². The largest absolute Gasteiger partial charge is 0.342 e. The highest BCUT2D eigenvalue weighted by Crippen LogP contribution is 2.31. The van der Waals surface area contributed by atoms with Gasteiger partial charge in [-0.3, -0.25) is 4.79 Å². The molecule has 3 nitrogen and oxygen atoms in total. The average Bonchev–Trinajstić information content (AvgIpc) is 2.29. The Morgan fingerprint density at radius 1 is 1.67 bits per heavy atom. The van der Waals surface area contributed by atoms with Gasteiger partial charge in [0.2, 0.25) is 5.91 Å². The standard InChI is InChI=1S/C12H22N2O/c1-4-9-14(3)11(15)12(5-2)7-6-8-13-10-12/h4,13H,1,5-10H2,2-3H3. The molecule has 1 aliphatic rings. The number of piperidine rings is 1. The van der Waals surface area contributed by atoms with E-state index in [9.17, 15) is 4.79 Å². The molecule has 0 bridgehead atoms. The van der Waals surface area contributed by atoms with Gasteiger partial charge in [0.1, 0.15) is 0 Å². The molecule has 0 radical (unpaired) electrons. The minimum absolute atomic E-state index is 0.171. The number of rotatable bonds is 4. The van der Waals surface area contributed by atoms with Crippen LogP contribution >= 0.6 is 0 Å². The third-order valence-corrected chi connectivity index (χ3v) is 3.35. The van der Waals surface area contributed by atoms with Crippen molar-refractivity contribution in [1.82, 2.24) is 10.2 Å². The third kappa shape index (κ3) is 2.59. The normalized spacial score (nSPS) is 26.0. The summed E-state index contributed by atoms with van der Waals surface area (Å²) in [4.78, 5) is 14.1. The molecule has 3 heteroatoms. The minimum Gasteiger partial charge on any atom is -0.342 e. The smallest absolute Gasteiger partial charge is 0.230 e. The van der Waals surface area contributed by atoms with Crippen LogP contribution in [0.3, 0.4) is 0 Å². The van der Waals surface area contributed by atoms with Gasteiger partial charge in [0.25, 0.3) is 0 Å². The van der Waals surface area contributed by atoms with Crippen molar-refractivity contribution in [3.63, 3.8) is 0 Å². The minimum atomic E-state index is -0.171. The summed E-state index contributed by atoms with van der Waals surface area (Å²) in [5, 5.41) is 3.33. The Bertz CT molecular complexity index is 232. The zero-order valence-corrected chi connectivity index (χ0v) is 9.88. The van der Waals surface area contributed by atoms with Gasteiger partial charge in [-0.05, 0) is 25.8 Å². The van der Waals surface area contributed by atoms with Crippen molar-refractivity contribution in [3.05, 3.63) is 12.7 Å². The predicted molar refractivity (Wildman–Crippen MR) is 62.7 cm³/mol. The molecule has 1 heterocycles. The van der Waals surface area contributed by atoms with Crippen LogP contribution in [-0.2, 0) is 4.79 Å². The number of likely N-dealkylation sites (N-methyl/N-ethyl adjacent to an activating group) is 1. The Balaban J connectivity index is 2.71. The molecule has 1 unspecified atom stereocenters. The van der Waals surface area contributed by atoms with Crippen LogP contribution in [0.5, 0.6) is 0 Å². The van der Waals surface area contributed by atoms with E-state index in [1.807, 2.05) is 7.05 Å². The lowest BCUT2D eigenvalue weighted by atomic mass is 9.77. The Labute approximate surface area is 92.5 Å². The highest BCUT2D eigenvalue weighted by molar-refractivity contribution is 5.83. The molecule has 0 spiro atoms. The van der Waals surface area contributed by atoms with Crippen LogP contribution in [0.2, 0.25) is 0 Å². The van der Waals surface area contributed by atoms with E-state index in [0.717, 1.165) is 32.4 Å². The van der Waals surface area contributed by atoms with Crippen molar-refractivity contribution < 1.29 is 4.79 Å². The molecule has 1 fully saturated rings. The fourth-order valence-electron chi connectivity index (χ4n) is 2.28. The van der Waals surface area contributed by atoms with E-state index < -0.39 is 0 Å². The summed E-state index contributed by atoms with van der Waals surface area (Å²) in [6, 6.07) is 0. The molecule has 0 aliphatic carbocycles. The van der Waals surface area contributed by atoms with Gasteiger partial charge in [-0.25, -0.2) is 0 Å². The number of nitrogens with one attached hydrogen (secondary N) is 1. The van der Waals surface area contributed by atoms with E-state index in [4.69, 9.17) is 0 Å². The van der Waals surface area contributed by atoms with Crippen molar-refractivity contribution in [2.24, 2.45) is 5.41 Å². The Morgan fingerprint density at radius 3 is 2.87 bits per heavy atom. The Kier molecular flexibility index (Phi) is 4.33. The summed E-state index contributed by atoms with van der Waals surface area (Å²) < 4.78 is 0. The molecule has 0 saturated carbocycles. The van der Waals surface area contributed by atoms with Gasteiger partial charge >= 0.3 is 0 Å². The molecule has 86 valence electrons. The van der Waals surface area contributed by atoms with E-state index in [2.05, 4.69) is 18.8 Å². The third-order valence-electron chi connectivity index (χ3n) is 3.35. The molecule has 1 rings (SSSR count). The maximum absolute atomic E-state index is 12.3. The number of hydrogen-bond acceptors (Lipinski definition) is 2. The number of hydrogen-bond donors (Lipinski definition) is 1. The van der Waals surface area contributed by atoms with Crippen LogP contribution in [0, 0.1) is 5.41 Å². The Hall–Kier alpha value is -0.830. The van der Waals surface area contributed by atoms with Gasteiger partial charge in [0.05, 0.1) is 5.41 Å². The predicted octanol–water partition coefficient (Wildman–Crippen LogP) is 1.41. The summed E-state index contributed by atoms with van der Waals surface area (Å²) in [5.74, 6) is 0.261. The summed E-state index contributed by atoms with van der Waals surface area (Å²) in [6.07, 6.45) is 4.80. The monoisotopic (exact) mass is 210 g/mol. The van der Waals surface area contributed by atoms with Crippen LogP contribution < -0.4 is 5.32 Å². The number of nitrogens with zero attached hydrogens (tertiary/aromatic N) is 1. The summed E-state index contributed by atoms with van der Waals surface area (Å²) in [5.41, 5.74) is -0.171. The first kappa shape index (κ1) is 12.2. The topological polar surface area (TPSA) is 32.3 Å². The SMILES string of the molecule is C=CCN(C)C(=O)C1(CC)CCCNC1. The second-order valence-corrected chi connectivity index (χ2v) is 4.39. The average molecular weight is 210 g/mol. The van der Waals surface area contributed by atoms with Crippen molar-refractivity contribution in [2.75, 3.05) is 26.7 Å². The maximum atomic E-state index is 12.3. The first-order chi connectivity index (χ1) is 7.16. The first-order valence-corrected chi connectivity index (χ1v) is 5.73. The number of carbonyl (C=O) groups excluding carboxylic acids is 1. The fraction of sp³-hybridized carbons (Fsp3) is 0.750. The molecule has 0 aromatic heterocycles. The van der Waals surface area contributed by atoms with E-state index in [1.165, 1.54) is 0 Å². The second kappa shape index (κ2) is 5.31. The first-order valence-electron chi connectivity index (χ1n) is 5.73. The molecular formula is C12H22N2O. The lowest BCUT2D eigenvalue weighted by Gasteiger charge is -2.38. The van der Waals surface area contributed by atoms with Gasteiger partial charge in [-0.15, -0.1) is 6.58 Å². The zero-order valence-electron chi connectivity index (χ0n) is 9.88. The lowest BCUT2D eigenvalue weighted by molar-refractivity contribution is -0.141. The number of amides is 1. The highest BCUT2D eigenvalue weighted by Gasteiger charge is 2.39. The second-order valence-electron chi connectivity index (χ2n) is 4.39. The van der Waals surface area contributed by atoms with Gasteiger partial charge in [-0.2, -0.15) is 0 Å². The highest BCUT2D eigenvalue weighted by atomic mass is 16.2. The molecule has 1 saturated heterocycles. The van der Waals surface area contributed by atoms with Crippen LogP contribution in [-0.4, -0.2) is 37.5 Å². The molecule has 0 aromatic carbocycles. The fourth-order valence-corrected chi connectivity index (χ4v) is 2.28. The van der Waals surface area contributed by atoms with E-state index >= 15 is 0 Å². The molecule has 1 atom stereocenters. The maximum Gasteiger partial charge on any atom is 0.230 e. The molecule has 15 heavy (non-hydrogen) atoms. The van der Waals surface area contributed by atoms with E-state index in [1.54, 1.807) is 11.0 Å². The van der Waals surface area contributed by atoms with Gasteiger partial charge in [0, 0.05) is 20.1 Å². The molecule has 1 aliphatic heterocycles. The summed E-state index contributed by atoms with van der Waals surface area (Å²) in [7, 11) is 1.86. The molecule has 0 aromatic rings. The number of carbonyl (C=O) groups is 1. The van der Waals surface area contributed by atoms with Crippen LogP contribution in [0.15, 0.2) is 12.7 Å². The van der Waals surface area contributed by atoms with Crippen LogP contribution in [0.25, 0.3) is 0 Å².